The highest BCUT2D eigenvalue weighted by Crippen LogP contribution is 2.11. The van der Waals surface area contributed by atoms with Crippen LogP contribution in [0.15, 0.2) is 0 Å². The van der Waals surface area contributed by atoms with Gasteiger partial charge in [-0.3, -0.25) is 4.79 Å². The Morgan fingerprint density at radius 1 is 1.78 bits per heavy atom. The normalized spacial score (nSPS) is 16.9. The van der Waals surface area contributed by atoms with Crippen LogP contribution in [0.1, 0.15) is 26.7 Å². The van der Waals surface area contributed by atoms with Crippen molar-refractivity contribution < 1.29 is 4.79 Å². The molecule has 0 amide bonds. The molecule has 0 fully saturated rings. The van der Waals surface area contributed by atoms with Crippen molar-refractivity contribution in [3.8, 4) is 0 Å². The standard InChI is InChI=1S/C6H12ClNO/c1-3-6(2,8)4-5(7)9/h3-4,8H2,1-2H3. The lowest BCUT2D eigenvalue weighted by atomic mass is 9.97. The fourth-order valence-electron chi connectivity index (χ4n) is 0.443. The van der Waals surface area contributed by atoms with E-state index in [9.17, 15) is 4.79 Å². The molecule has 0 aromatic carbocycles. The molecule has 0 radical (unpaired) electrons. The fourth-order valence-corrected chi connectivity index (χ4v) is 0.748. The average molecular weight is 150 g/mol. The SMILES string of the molecule is CCC(C)(N)CC(=O)Cl. The first-order valence-electron chi connectivity index (χ1n) is 2.95. The van der Waals surface area contributed by atoms with Crippen LogP contribution < -0.4 is 5.73 Å². The van der Waals surface area contributed by atoms with Gasteiger partial charge in [-0.25, -0.2) is 0 Å². The molecule has 0 rings (SSSR count). The Labute approximate surface area is 60.4 Å². The Morgan fingerprint density at radius 3 is 2.33 bits per heavy atom. The van der Waals surface area contributed by atoms with E-state index in [-0.39, 0.29) is 11.7 Å². The largest absolute Gasteiger partial charge is 0.325 e. The zero-order valence-corrected chi connectivity index (χ0v) is 6.53. The number of carbonyl (C=O) groups excluding carboxylic acids is 1. The lowest BCUT2D eigenvalue weighted by molar-refractivity contribution is -0.112. The number of carbonyl (C=O) groups is 1. The third kappa shape index (κ3) is 4.43. The van der Waals surface area contributed by atoms with Crippen LogP contribution in [0.25, 0.3) is 0 Å². The second kappa shape index (κ2) is 3.18. The van der Waals surface area contributed by atoms with Gasteiger partial charge in [0.15, 0.2) is 0 Å². The molecule has 0 aliphatic carbocycles. The van der Waals surface area contributed by atoms with Crippen LogP contribution in [-0.4, -0.2) is 10.8 Å². The first kappa shape index (κ1) is 8.92. The highest BCUT2D eigenvalue weighted by molar-refractivity contribution is 6.63. The molecule has 0 saturated carbocycles. The molecule has 0 spiro atoms. The maximum Gasteiger partial charge on any atom is 0.223 e. The van der Waals surface area contributed by atoms with Crippen LogP contribution in [-0.2, 0) is 4.79 Å². The zero-order chi connectivity index (χ0) is 7.49. The van der Waals surface area contributed by atoms with E-state index < -0.39 is 5.54 Å². The fraction of sp³-hybridized carbons (Fsp3) is 0.833. The van der Waals surface area contributed by atoms with Gasteiger partial charge in [-0.05, 0) is 24.9 Å². The summed E-state index contributed by atoms with van der Waals surface area (Å²) in [6.45, 7) is 3.74. The first-order chi connectivity index (χ1) is 3.98. The van der Waals surface area contributed by atoms with E-state index in [0.717, 1.165) is 6.42 Å². The summed E-state index contributed by atoms with van der Waals surface area (Å²) in [5, 5.41) is -0.359. The van der Waals surface area contributed by atoms with Crippen molar-refractivity contribution in [3.05, 3.63) is 0 Å². The van der Waals surface area contributed by atoms with Gasteiger partial charge in [-0.1, -0.05) is 6.92 Å². The summed E-state index contributed by atoms with van der Waals surface area (Å²) in [6.07, 6.45) is 1.02. The minimum atomic E-state index is -0.418. The second-order valence-corrected chi connectivity index (χ2v) is 2.96. The molecule has 0 aromatic heterocycles. The predicted octanol–water partition coefficient (Wildman–Crippen LogP) is 1.27. The highest BCUT2D eigenvalue weighted by atomic mass is 35.5. The van der Waals surface area contributed by atoms with Crippen molar-refractivity contribution in [2.45, 2.75) is 32.2 Å². The monoisotopic (exact) mass is 149 g/mol. The molecule has 54 valence electrons. The number of hydrogen-bond donors (Lipinski definition) is 1. The van der Waals surface area contributed by atoms with E-state index in [1.807, 2.05) is 13.8 Å². The van der Waals surface area contributed by atoms with Crippen LogP contribution in [0.3, 0.4) is 0 Å². The molecule has 0 saturated heterocycles. The zero-order valence-electron chi connectivity index (χ0n) is 5.78. The Kier molecular flexibility index (Phi) is 3.15. The summed E-state index contributed by atoms with van der Waals surface area (Å²) in [5.41, 5.74) is 5.19. The Balaban J connectivity index is 3.71. The van der Waals surface area contributed by atoms with Crippen molar-refractivity contribution >= 4 is 16.8 Å². The molecule has 0 aromatic rings. The van der Waals surface area contributed by atoms with Crippen molar-refractivity contribution in [3.63, 3.8) is 0 Å². The van der Waals surface area contributed by atoms with Gasteiger partial charge in [0.2, 0.25) is 5.24 Å². The van der Waals surface area contributed by atoms with Crippen molar-refractivity contribution in [2.75, 3.05) is 0 Å². The van der Waals surface area contributed by atoms with Gasteiger partial charge in [0.1, 0.15) is 0 Å². The molecule has 3 heteroatoms. The van der Waals surface area contributed by atoms with E-state index in [1.165, 1.54) is 0 Å². The quantitative estimate of drug-likeness (QED) is 0.615. The van der Waals surface area contributed by atoms with Crippen LogP contribution in [0.2, 0.25) is 0 Å². The summed E-state index contributed by atoms with van der Waals surface area (Å²) in [6, 6.07) is 0. The second-order valence-electron chi connectivity index (χ2n) is 2.54. The summed E-state index contributed by atoms with van der Waals surface area (Å²) in [5.74, 6) is 0. The molecule has 1 unspecified atom stereocenters. The minimum absolute atomic E-state index is 0.255. The Morgan fingerprint density at radius 2 is 2.22 bits per heavy atom. The Hall–Kier alpha value is -0.0800. The first-order valence-corrected chi connectivity index (χ1v) is 3.33. The lowest BCUT2D eigenvalue weighted by Crippen LogP contribution is -2.36. The number of nitrogens with two attached hydrogens (primary N) is 1. The highest BCUT2D eigenvalue weighted by Gasteiger charge is 2.18. The maximum absolute atomic E-state index is 10.3. The van der Waals surface area contributed by atoms with Crippen LogP contribution in [0.5, 0.6) is 0 Å². The van der Waals surface area contributed by atoms with Gasteiger partial charge in [-0.2, -0.15) is 0 Å². The smallest absolute Gasteiger partial charge is 0.223 e. The molecule has 0 heterocycles. The summed E-state index contributed by atoms with van der Waals surface area (Å²) >= 11 is 5.12. The average Bonchev–Trinajstić information content (AvgIpc) is 1.63. The number of hydrogen-bond acceptors (Lipinski definition) is 2. The molecule has 2 nitrogen and oxygen atoms in total. The van der Waals surface area contributed by atoms with E-state index >= 15 is 0 Å². The van der Waals surface area contributed by atoms with Gasteiger partial charge in [0.05, 0.1) is 0 Å². The third-order valence-electron chi connectivity index (χ3n) is 1.35. The molecular weight excluding hydrogens is 138 g/mol. The van der Waals surface area contributed by atoms with Crippen molar-refractivity contribution in [1.29, 1.82) is 0 Å². The van der Waals surface area contributed by atoms with Gasteiger partial charge >= 0.3 is 0 Å². The molecule has 0 aliphatic heterocycles. The predicted molar refractivity (Wildman–Crippen MR) is 38.4 cm³/mol. The van der Waals surface area contributed by atoms with E-state index in [0.29, 0.717) is 0 Å². The summed E-state index contributed by atoms with van der Waals surface area (Å²) in [4.78, 5) is 10.3. The van der Waals surface area contributed by atoms with Crippen molar-refractivity contribution in [2.24, 2.45) is 5.73 Å². The van der Waals surface area contributed by atoms with Crippen LogP contribution in [0, 0.1) is 0 Å². The lowest BCUT2D eigenvalue weighted by Gasteiger charge is -2.19. The third-order valence-corrected chi connectivity index (χ3v) is 1.48. The van der Waals surface area contributed by atoms with E-state index in [4.69, 9.17) is 17.3 Å². The summed E-state index contributed by atoms with van der Waals surface area (Å²) < 4.78 is 0. The minimum Gasteiger partial charge on any atom is -0.325 e. The number of rotatable bonds is 3. The van der Waals surface area contributed by atoms with Gasteiger partial charge in [0, 0.05) is 12.0 Å². The Bertz CT molecular complexity index is 112. The van der Waals surface area contributed by atoms with Gasteiger partial charge in [-0.15, -0.1) is 0 Å². The van der Waals surface area contributed by atoms with Gasteiger partial charge < -0.3 is 5.73 Å². The molecule has 9 heavy (non-hydrogen) atoms. The van der Waals surface area contributed by atoms with E-state index in [1.54, 1.807) is 0 Å². The van der Waals surface area contributed by atoms with Gasteiger partial charge in [0.25, 0.3) is 0 Å². The van der Waals surface area contributed by atoms with E-state index in [2.05, 4.69) is 0 Å². The molecular formula is C6H12ClNO. The number of halogens is 1. The molecule has 0 aliphatic rings. The molecule has 0 bridgehead atoms. The van der Waals surface area contributed by atoms with Crippen molar-refractivity contribution in [1.82, 2.24) is 0 Å². The van der Waals surface area contributed by atoms with Crippen LogP contribution in [0.4, 0.5) is 0 Å². The molecule has 2 N–H and O–H groups in total. The van der Waals surface area contributed by atoms with Crippen LogP contribution >= 0.6 is 11.6 Å². The maximum atomic E-state index is 10.3. The topological polar surface area (TPSA) is 43.1 Å². The summed E-state index contributed by atoms with van der Waals surface area (Å²) in [7, 11) is 0. The molecule has 1 atom stereocenters.